The molecule has 7 heteroatoms. The number of carbonyl (C=O) groups is 1. The maximum Gasteiger partial charge on any atom is 0.276 e. The molecule has 1 amide bonds. The molecule has 6 nitrogen and oxygen atoms in total. The molecule has 0 aromatic heterocycles. The van der Waals surface area contributed by atoms with Crippen molar-refractivity contribution in [1.82, 2.24) is 10.2 Å². The zero-order valence-corrected chi connectivity index (χ0v) is 14.0. The predicted octanol–water partition coefficient (Wildman–Crippen LogP) is 1.89. The Labute approximate surface area is 140 Å². The molecular formula is C16H20N2O4S. The number of hydrogen-bond acceptors (Lipinski definition) is 5. The summed E-state index contributed by atoms with van der Waals surface area (Å²) in [5, 5.41) is 13.0. The van der Waals surface area contributed by atoms with Gasteiger partial charge in [-0.25, -0.2) is 0 Å². The number of thiocarbonyl (C=S) groups is 1. The number of ether oxygens (including phenoxy) is 2. The van der Waals surface area contributed by atoms with Crippen molar-refractivity contribution in [3.05, 3.63) is 29.5 Å². The molecule has 2 rings (SSSR count). The first-order valence-corrected chi connectivity index (χ1v) is 7.77. The van der Waals surface area contributed by atoms with Crippen LogP contribution in [0.4, 0.5) is 0 Å². The molecule has 1 aliphatic heterocycles. The topological polar surface area (TPSA) is 71.0 Å². The number of nitrogens with zero attached hydrogens (tertiary/aromatic N) is 1. The lowest BCUT2D eigenvalue weighted by molar-refractivity contribution is -0.122. The molecular weight excluding hydrogens is 316 g/mol. The molecule has 1 aromatic carbocycles. The molecule has 0 radical (unpaired) electrons. The van der Waals surface area contributed by atoms with E-state index in [1.165, 1.54) is 11.0 Å². The molecule has 0 atom stereocenters. The summed E-state index contributed by atoms with van der Waals surface area (Å²) in [6.45, 7) is 3.36. The molecule has 124 valence electrons. The van der Waals surface area contributed by atoms with Crippen molar-refractivity contribution in [1.29, 1.82) is 0 Å². The number of aromatic hydroxyl groups is 1. The normalized spacial score (nSPS) is 16.1. The van der Waals surface area contributed by atoms with E-state index >= 15 is 0 Å². The van der Waals surface area contributed by atoms with Crippen molar-refractivity contribution < 1.29 is 19.4 Å². The van der Waals surface area contributed by atoms with E-state index in [0.29, 0.717) is 42.7 Å². The van der Waals surface area contributed by atoms with Crippen LogP contribution in [0.2, 0.25) is 0 Å². The van der Waals surface area contributed by atoms with Gasteiger partial charge in [0.05, 0.1) is 6.61 Å². The highest BCUT2D eigenvalue weighted by Gasteiger charge is 2.29. The molecule has 0 aliphatic carbocycles. The van der Waals surface area contributed by atoms with Crippen LogP contribution in [0, 0.1) is 0 Å². The minimum Gasteiger partial charge on any atom is -0.504 e. The van der Waals surface area contributed by atoms with Crippen molar-refractivity contribution in [2.75, 3.05) is 26.9 Å². The number of benzene rings is 1. The third kappa shape index (κ3) is 4.20. The van der Waals surface area contributed by atoms with Gasteiger partial charge in [-0.3, -0.25) is 9.69 Å². The Bertz CT molecular complexity index is 631. The summed E-state index contributed by atoms with van der Waals surface area (Å²) < 4.78 is 10.3. The Morgan fingerprint density at radius 3 is 2.91 bits per heavy atom. The summed E-state index contributed by atoms with van der Waals surface area (Å²) in [7, 11) is 1.62. The highest BCUT2D eigenvalue weighted by Crippen LogP contribution is 2.28. The molecule has 1 fully saturated rings. The second kappa shape index (κ2) is 7.94. The highest BCUT2D eigenvalue weighted by molar-refractivity contribution is 7.80. The van der Waals surface area contributed by atoms with Gasteiger partial charge >= 0.3 is 0 Å². The SMILES string of the molecule is CCOc1cc(C=C2NC(=S)N(CCCOC)C2=O)ccc1O. The van der Waals surface area contributed by atoms with E-state index < -0.39 is 0 Å². The first-order valence-electron chi connectivity index (χ1n) is 7.36. The molecule has 1 aromatic rings. The van der Waals surface area contributed by atoms with Crippen LogP contribution < -0.4 is 10.1 Å². The maximum absolute atomic E-state index is 12.4. The van der Waals surface area contributed by atoms with Crippen molar-refractivity contribution in [3.8, 4) is 11.5 Å². The van der Waals surface area contributed by atoms with E-state index in [9.17, 15) is 9.90 Å². The second-order valence-corrected chi connectivity index (χ2v) is 5.34. The van der Waals surface area contributed by atoms with Crippen molar-refractivity contribution in [2.45, 2.75) is 13.3 Å². The van der Waals surface area contributed by atoms with Gasteiger partial charge in [0, 0.05) is 20.3 Å². The predicted molar refractivity (Wildman–Crippen MR) is 91.2 cm³/mol. The summed E-state index contributed by atoms with van der Waals surface area (Å²) in [6, 6.07) is 4.92. The van der Waals surface area contributed by atoms with Gasteiger partial charge in [0.25, 0.3) is 5.91 Å². The van der Waals surface area contributed by atoms with E-state index in [4.69, 9.17) is 21.7 Å². The molecule has 23 heavy (non-hydrogen) atoms. The van der Waals surface area contributed by atoms with Gasteiger partial charge in [-0.15, -0.1) is 0 Å². The quantitative estimate of drug-likeness (QED) is 0.450. The Hall–Kier alpha value is -2.12. The lowest BCUT2D eigenvalue weighted by Crippen LogP contribution is -2.32. The van der Waals surface area contributed by atoms with Gasteiger partial charge in [0.1, 0.15) is 5.70 Å². The molecule has 1 aliphatic rings. The van der Waals surface area contributed by atoms with Crippen LogP contribution in [0.25, 0.3) is 6.08 Å². The molecule has 0 spiro atoms. The number of amides is 1. The smallest absolute Gasteiger partial charge is 0.276 e. The average Bonchev–Trinajstić information content (AvgIpc) is 2.78. The van der Waals surface area contributed by atoms with E-state index in [1.807, 2.05) is 6.92 Å². The number of hydrogen-bond donors (Lipinski definition) is 2. The number of carbonyl (C=O) groups excluding carboxylic acids is 1. The summed E-state index contributed by atoms with van der Waals surface area (Å²) in [5.74, 6) is 0.278. The van der Waals surface area contributed by atoms with Crippen LogP contribution in [-0.2, 0) is 9.53 Å². The molecule has 0 unspecified atom stereocenters. The van der Waals surface area contributed by atoms with Crippen molar-refractivity contribution in [2.24, 2.45) is 0 Å². The monoisotopic (exact) mass is 336 g/mol. The first kappa shape index (κ1) is 17.2. The number of nitrogens with one attached hydrogen (secondary N) is 1. The summed E-state index contributed by atoms with van der Waals surface area (Å²) in [4.78, 5) is 13.9. The van der Waals surface area contributed by atoms with Crippen LogP contribution in [-0.4, -0.2) is 47.9 Å². The van der Waals surface area contributed by atoms with Crippen LogP contribution in [0.5, 0.6) is 11.5 Å². The largest absolute Gasteiger partial charge is 0.504 e. The fraction of sp³-hybridized carbons (Fsp3) is 0.375. The Morgan fingerprint density at radius 1 is 1.43 bits per heavy atom. The zero-order valence-electron chi connectivity index (χ0n) is 13.2. The van der Waals surface area contributed by atoms with E-state index in [2.05, 4.69) is 5.32 Å². The Morgan fingerprint density at radius 2 is 2.22 bits per heavy atom. The van der Waals surface area contributed by atoms with Gasteiger partial charge in [0.2, 0.25) is 0 Å². The van der Waals surface area contributed by atoms with Crippen LogP contribution >= 0.6 is 12.2 Å². The van der Waals surface area contributed by atoms with Crippen molar-refractivity contribution >= 4 is 29.3 Å². The average molecular weight is 336 g/mol. The Balaban J connectivity index is 2.15. The van der Waals surface area contributed by atoms with Crippen molar-refractivity contribution in [3.63, 3.8) is 0 Å². The summed E-state index contributed by atoms with van der Waals surface area (Å²) in [6.07, 6.45) is 2.40. The third-order valence-corrected chi connectivity index (χ3v) is 3.61. The second-order valence-electron chi connectivity index (χ2n) is 4.95. The lowest BCUT2D eigenvalue weighted by Gasteiger charge is -2.12. The zero-order chi connectivity index (χ0) is 16.8. The van der Waals surface area contributed by atoms with E-state index in [0.717, 1.165) is 5.56 Å². The minimum atomic E-state index is -0.169. The fourth-order valence-electron chi connectivity index (χ4n) is 2.20. The van der Waals surface area contributed by atoms with Gasteiger partial charge in [-0.05, 0) is 49.3 Å². The fourth-order valence-corrected chi connectivity index (χ4v) is 2.48. The molecule has 1 heterocycles. The van der Waals surface area contributed by atoms with E-state index in [-0.39, 0.29) is 11.7 Å². The maximum atomic E-state index is 12.4. The van der Waals surface area contributed by atoms with E-state index in [1.54, 1.807) is 25.3 Å². The molecule has 0 bridgehead atoms. The summed E-state index contributed by atoms with van der Waals surface area (Å²) in [5.41, 5.74) is 1.14. The standard InChI is InChI=1S/C16H20N2O4S/c1-3-22-14-10-11(5-6-13(14)19)9-12-15(20)18(16(23)17-12)7-4-8-21-2/h5-6,9-10,19H,3-4,7-8H2,1-2H3,(H,17,23). The van der Waals surface area contributed by atoms with Gasteiger partial charge in [0.15, 0.2) is 16.6 Å². The van der Waals surface area contributed by atoms with Gasteiger partial charge < -0.3 is 19.9 Å². The van der Waals surface area contributed by atoms with Crippen LogP contribution in [0.1, 0.15) is 18.9 Å². The van der Waals surface area contributed by atoms with Crippen LogP contribution in [0.3, 0.4) is 0 Å². The summed E-state index contributed by atoms with van der Waals surface area (Å²) >= 11 is 5.20. The Kier molecular flexibility index (Phi) is 5.95. The lowest BCUT2D eigenvalue weighted by atomic mass is 10.1. The van der Waals surface area contributed by atoms with Crippen LogP contribution in [0.15, 0.2) is 23.9 Å². The highest BCUT2D eigenvalue weighted by atomic mass is 32.1. The third-order valence-electron chi connectivity index (χ3n) is 3.29. The molecule has 1 saturated heterocycles. The number of phenolic OH excluding ortho intramolecular Hbond substituents is 1. The molecule has 2 N–H and O–H groups in total. The number of phenols is 1. The van der Waals surface area contributed by atoms with Gasteiger partial charge in [-0.1, -0.05) is 6.07 Å². The van der Waals surface area contributed by atoms with Gasteiger partial charge in [-0.2, -0.15) is 0 Å². The minimum absolute atomic E-state index is 0.0661. The number of methoxy groups -OCH3 is 1. The first-order chi connectivity index (χ1) is 11.1. The molecule has 0 saturated carbocycles. The number of rotatable bonds is 7.